The zero-order valence-corrected chi connectivity index (χ0v) is 28.5. The van der Waals surface area contributed by atoms with E-state index in [4.69, 9.17) is 19.9 Å². The Morgan fingerprint density at radius 2 is 0.679 bits per heavy atom. The molecule has 0 spiro atoms. The number of hydrogen-bond donors (Lipinski definition) is 0. The Labute approximate surface area is 300 Å². The summed E-state index contributed by atoms with van der Waals surface area (Å²) in [6.07, 6.45) is -10.0. The van der Waals surface area contributed by atoms with Crippen LogP contribution in [0.1, 0.15) is 36.4 Å². The molecule has 8 rings (SSSR count). The van der Waals surface area contributed by atoms with E-state index in [1.165, 1.54) is 24.3 Å². The van der Waals surface area contributed by atoms with Gasteiger partial charge in [0.1, 0.15) is 0 Å². The molecule has 0 unspecified atom stereocenters. The third-order valence-corrected chi connectivity index (χ3v) is 9.96. The molecule has 0 saturated carbocycles. The summed E-state index contributed by atoms with van der Waals surface area (Å²) < 4.78 is 90.6. The van der Waals surface area contributed by atoms with Gasteiger partial charge in [-0.15, -0.1) is 0 Å². The molecule has 10 heteroatoms. The second-order valence-corrected chi connectivity index (χ2v) is 13.0. The second-order valence-electron chi connectivity index (χ2n) is 13.0. The predicted octanol–water partition coefficient (Wildman–Crippen LogP) is 11.7. The summed E-state index contributed by atoms with van der Waals surface area (Å²) in [6.45, 7) is 3.97. The number of fused-ring (bicyclic) bond motifs is 6. The Bertz CT molecular complexity index is 2480. The van der Waals surface area contributed by atoms with E-state index in [1.54, 1.807) is 12.1 Å². The first kappa shape index (κ1) is 34.2. The molecule has 0 atom stereocenters. The lowest BCUT2D eigenvalue weighted by molar-refractivity contribution is -0.288. The van der Waals surface area contributed by atoms with Crippen LogP contribution >= 0.6 is 0 Å². The molecule has 4 nitrogen and oxygen atoms in total. The maximum absolute atomic E-state index is 15.1. The van der Waals surface area contributed by atoms with E-state index in [-0.39, 0.29) is 0 Å². The molecule has 0 saturated heterocycles. The number of hydrogen-bond acceptors (Lipinski definition) is 4. The molecule has 0 amide bonds. The van der Waals surface area contributed by atoms with Crippen molar-refractivity contribution in [2.75, 3.05) is 0 Å². The van der Waals surface area contributed by atoms with Gasteiger partial charge in [0, 0.05) is 44.1 Å². The summed E-state index contributed by atoms with van der Waals surface area (Å²) in [4.78, 5) is 19.0. The second kappa shape index (κ2) is 12.6. The van der Waals surface area contributed by atoms with E-state index >= 15 is 26.3 Å². The summed E-state index contributed by atoms with van der Waals surface area (Å²) in [5, 5.41) is 3.36. The van der Waals surface area contributed by atoms with E-state index in [2.05, 4.69) is 0 Å². The first-order valence-corrected chi connectivity index (χ1v) is 17.2. The fraction of sp³-hybridized carbons (Fsp3) is 0.163. The Morgan fingerprint density at radius 1 is 0.377 bits per heavy atom. The molecule has 0 N–H and O–H groups in total. The van der Waals surface area contributed by atoms with Crippen molar-refractivity contribution in [1.29, 1.82) is 0 Å². The van der Waals surface area contributed by atoms with E-state index in [9.17, 15) is 0 Å². The van der Waals surface area contributed by atoms with Gasteiger partial charge in [-0.25, -0.2) is 9.97 Å². The molecule has 8 aromatic rings. The lowest BCUT2D eigenvalue weighted by Crippen LogP contribution is -2.54. The number of alkyl halides is 6. The molecule has 4 aromatic carbocycles. The average molecular weight is 717 g/mol. The highest BCUT2D eigenvalue weighted by molar-refractivity contribution is 6.04. The third-order valence-electron chi connectivity index (χ3n) is 9.96. The zero-order valence-electron chi connectivity index (χ0n) is 28.5. The minimum absolute atomic E-state index is 0.364. The van der Waals surface area contributed by atoms with E-state index in [0.717, 1.165) is 57.2 Å². The van der Waals surface area contributed by atoms with Crippen molar-refractivity contribution in [3.63, 3.8) is 0 Å². The molecular weight excluding hydrogens is 686 g/mol. The largest absolute Gasteiger partial charge is 0.411 e. The van der Waals surface area contributed by atoms with Crippen LogP contribution in [0.4, 0.5) is 26.3 Å². The highest BCUT2D eigenvalue weighted by atomic mass is 19.4. The first-order chi connectivity index (χ1) is 25.4. The normalized spacial score (nSPS) is 12.7. The minimum Gasteiger partial charge on any atom is -0.251 e. The van der Waals surface area contributed by atoms with Gasteiger partial charge >= 0.3 is 12.4 Å². The van der Waals surface area contributed by atoms with Gasteiger partial charge in [-0.3, -0.25) is 9.97 Å². The van der Waals surface area contributed by atoms with Gasteiger partial charge < -0.3 is 0 Å². The van der Waals surface area contributed by atoms with E-state index in [1.807, 2.05) is 74.5 Å². The summed E-state index contributed by atoms with van der Waals surface area (Å²) in [7, 11) is 0. The van der Waals surface area contributed by atoms with Gasteiger partial charge in [0.15, 0.2) is 0 Å². The number of halogens is 6. The van der Waals surface area contributed by atoms with E-state index in [0.29, 0.717) is 57.4 Å². The maximum Gasteiger partial charge on any atom is 0.411 e. The molecule has 53 heavy (non-hydrogen) atoms. The summed E-state index contributed by atoms with van der Waals surface area (Å²) in [5.41, 5.74) is -0.430. The molecule has 4 heterocycles. The van der Waals surface area contributed by atoms with Crippen LogP contribution in [0, 0.1) is 0 Å². The number of nitrogens with zero attached hydrogens (tertiary/aromatic N) is 4. The van der Waals surface area contributed by atoms with Crippen molar-refractivity contribution < 1.29 is 26.3 Å². The third kappa shape index (κ3) is 5.64. The lowest BCUT2D eigenvalue weighted by atomic mass is 9.72. The van der Waals surface area contributed by atoms with Crippen LogP contribution in [0.15, 0.2) is 121 Å². The molecule has 0 bridgehead atoms. The molecule has 0 aliphatic rings. The van der Waals surface area contributed by atoms with Crippen molar-refractivity contribution in [2.45, 2.75) is 44.5 Å². The van der Waals surface area contributed by atoms with Crippen molar-refractivity contribution in [3.8, 4) is 22.5 Å². The number of rotatable bonds is 6. The Balaban J connectivity index is 1.20. The van der Waals surface area contributed by atoms with Crippen molar-refractivity contribution in [1.82, 2.24) is 19.9 Å². The van der Waals surface area contributed by atoms with Crippen LogP contribution in [-0.2, 0) is 18.3 Å². The van der Waals surface area contributed by atoms with Crippen molar-refractivity contribution >= 4 is 43.6 Å². The molecule has 0 aliphatic heterocycles. The first-order valence-electron chi connectivity index (χ1n) is 17.2. The Kier molecular flexibility index (Phi) is 8.16. The van der Waals surface area contributed by atoms with Gasteiger partial charge in [-0.1, -0.05) is 111 Å². The van der Waals surface area contributed by atoms with Crippen molar-refractivity contribution in [3.05, 3.63) is 144 Å². The summed E-state index contributed by atoms with van der Waals surface area (Å²) >= 11 is 0. The van der Waals surface area contributed by atoms with Gasteiger partial charge in [0.25, 0.3) is 0 Å². The highest BCUT2D eigenvalue weighted by Crippen LogP contribution is 2.56. The number of aryl methyl sites for hydroxylation is 2. The van der Waals surface area contributed by atoms with Crippen LogP contribution in [0.25, 0.3) is 66.1 Å². The SMILES string of the molecule is CCc1ccc2ccc3ccc(-c4ccc(C(c5ccc(-c6ccc7ccc8ccc(CC)nc8c7n6)cc5)(C(F)(F)F)C(F)(F)F)cc4)nc3c2n1. The highest BCUT2D eigenvalue weighted by Gasteiger charge is 2.72. The molecule has 4 aromatic heterocycles. The van der Waals surface area contributed by atoms with Crippen LogP contribution in [0.2, 0.25) is 0 Å². The monoisotopic (exact) mass is 716 g/mol. The minimum atomic E-state index is -5.74. The topological polar surface area (TPSA) is 51.6 Å². The molecule has 0 fully saturated rings. The Hall–Kier alpha value is -5.90. The lowest BCUT2D eigenvalue weighted by Gasteiger charge is -2.38. The fourth-order valence-corrected chi connectivity index (χ4v) is 7.10. The molecule has 264 valence electrons. The number of benzene rings is 4. The predicted molar refractivity (Wildman–Crippen MR) is 197 cm³/mol. The summed E-state index contributed by atoms with van der Waals surface area (Å²) in [6, 6.07) is 31.0. The number of aromatic nitrogens is 4. The van der Waals surface area contributed by atoms with Crippen molar-refractivity contribution in [2.24, 2.45) is 0 Å². The Morgan fingerprint density at radius 3 is 1.00 bits per heavy atom. The van der Waals surface area contributed by atoms with Crippen LogP contribution in [0.5, 0.6) is 0 Å². The average Bonchev–Trinajstić information content (AvgIpc) is 3.16. The van der Waals surface area contributed by atoms with Crippen LogP contribution < -0.4 is 0 Å². The number of pyridine rings is 4. The van der Waals surface area contributed by atoms with Gasteiger partial charge in [0.2, 0.25) is 5.41 Å². The quantitative estimate of drug-likeness (QED) is 0.127. The van der Waals surface area contributed by atoms with E-state index < -0.39 is 28.9 Å². The van der Waals surface area contributed by atoms with Gasteiger partial charge in [0.05, 0.1) is 33.5 Å². The standard InChI is InChI=1S/C43H30F6N4/c1-3-33-21-13-27-5-7-29-15-23-35(52-39(29)37(27)50-33)25-9-17-31(18-10-25)41(42(44,45)46,43(47,48)49)32-19-11-26(12-20-32)36-24-16-30-8-6-28-14-22-34(4-2)51-38(28)40(30)53-36/h5-24H,3-4H2,1-2H3. The molecular formula is C43H30F6N4. The zero-order chi connectivity index (χ0) is 37.1. The molecule has 0 aliphatic carbocycles. The van der Waals surface area contributed by atoms with Gasteiger partial charge in [-0.05, 0) is 48.2 Å². The van der Waals surface area contributed by atoms with Crippen LogP contribution in [-0.4, -0.2) is 32.3 Å². The molecule has 0 radical (unpaired) electrons. The summed E-state index contributed by atoms with van der Waals surface area (Å²) in [5.74, 6) is 0. The van der Waals surface area contributed by atoms with Crippen LogP contribution in [0.3, 0.4) is 0 Å². The smallest absolute Gasteiger partial charge is 0.251 e. The fourth-order valence-electron chi connectivity index (χ4n) is 7.10. The maximum atomic E-state index is 15.1. The van der Waals surface area contributed by atoms with Gasteiger partial charge in [-0.2, -0.15) is 26.3 Å².